The molecule has 2 aromatic heterocycles. The highest BCUT2D eigenvalue weighted by Gasteiger charge is 2.12. The fourth-order valence-corrected chi connectivity index (χ4v) is 2.72. The molecule has 2 heterocycles. The summed E-state index contributed by atoms with van der Waals surface area (Å²) in [6, 6.07) is 5.69. The van der Waals surface area contributed by atoms with Crippen molar-refractivity contribution in [1.29, 1.82) is 0 Å². The predicted octanol–water partition coefficient (Wildman–Crippen LogP) is 4.93. The molecule has 0 amide bonds. The summed E-state index contributed by atoms with van der Waals surface area (Å²) in [7, 11) is 0. The summed E-state index contributed by atoms with van der Waals surface area (Å²) in [5.74, 6) is 0.175. The number of aromatic nitrogens is 2. The Morgan fingerprint density at radius 2 is 2.00 bits per heavy atom. The molecule has 7 heteroatoms. The average Bonchev–Trinajstić information content (AvgIpc) is 2.80. The van der Waals surface area contributed by atoms with Crippen molar-refractivity contribution < 1.29 is 9.13 Å². The molecule has 0 aliphatic rings. The van der Waals surface area contributed by atoms with Crippen LogP contribution in [-0.4, -0.2) is 9.97 Å². The minimum absolute atomic E-state index is 0.0863. The zero-order valence-electron chi connectivity index (χ0n) is 9.23. The van der Waals surface area contributed by atoms with E-state index >= 15 is 0 Å². The zero-order valence-corrected chi connectivity index (χ0v) is 11.6. The van der Waals surface area contributed by atoms with E-state index < -0.39 is 5.82 Å². The molecule has 0 N–H and O–H groups in total. The molecule has 96 valence electrons. The first kappa shape index (κ1) is 12.6. The largest absolute Gasteiger partial charge is 0.437 e. The van der Waals surface area contributed by atoms with Crippen LogP contribution in [0.25, 0.3) is 10.2 Å². The minimum Gasteiger partial charge on any atom is -0.437 e. The maximum atomic E-state index is 13.0. The average molecular weight is 315 g/mol. The quantitative estimate of drug-likeness (QED) is 0.629. The summed E-state index contributed by atoms with van der Waals surface area (Å²) in [6.45, 7) is 0. The summed E-state index contributed by atoms with van der Waals surface area (Å²) < 4.78 is 18.6. The lowest BCUT2D eigenvalue weighted by atomic mass is 10.3. The Labute approximate surface area is 121 Å². The van der Waals surface area contributed by atoms with Gasteiger partial charge in [0, 0.05) is 0 Å². The Balaban J connectivity index is 2.07. The lowest BCUT2D eigenvalue weighted by Crippen LogP contribution is -1.92. The second-order valence-electron chi connectivity index (χ2n) is 3.61. The minimum atomic E-state index is -0.432. The molecular weight excluding hydrogens is 310 g/mol. The van der Waals surface area contributed by atoms with Crippen molar-refractivity contribution in [1.82, 2.24) is 9.97 Å². The van der Waals surface area contributed by atoms with E-state index in [2.05, 4.69) is 9.97 Å². The molecule has 3 rings (SSSR count). The molecular formula is C12H5Cl2FN2OS. The first-order valence-electron chi connectivity index (χ1n) is 5.17. The standard InChI is InChI=1S/C12H5Cl2FN2OS/c13-8-5-6(15)1-2-9(8)18-10-7-3-4-19-11(7)17-12(14)16-10/h1-5H. The number of hydrogen-bond acceptors (Lipinski definition) is 4. The molecule has 0 atom stereocenters. The summed E-state index contributed by atoms with van der Waals surface area (Å²) in [5, 5.41) is 2.84. The third-order valence-electron chi connectivity index (χ3n) is 2.36. The van der Waals surface area contributed by atoms with Crippen molar-refractivity contribution in [2.45, 2.75) is 0 Å². The van der Waals surface area contributed by atoms with E-state index in [-0.39, 0.29) is 10.3 Å². The Morgan fingerprint density at radius 3 is 2.79 bits per heavy atom. The number of ether oxygens (including phenoxy) is 1. The van der Waals surface area contributed by atoms with Gasteiger partial charge in [0.1, 0.15) is 16.4 Å². The lowest BCUT2D eigenvalue weighted by molar-refractivity contribution is 0.467. The first-order chi connectivity index (χ1) is 9.13. The molecule has 3 nitrogen and oxygen atoms in total. The number of halogens is 3. The molecule has 1 aromatic carbocycles. The van der Waals surface area contributed by atoms with Crippen LogP contribution < -0.4 is 4.74 Å². The van der Waals surface area contributed by atoms with Crippen molar-refractivity contribution in [3.05, 3.63) is 45.8 Å². The third-order valence-corrected chi connectivity index (χ3v) is 3.63. The Kier molecular flexibility index (Phi) is 3.26. The van der Waals surface area contributed by atoms with Crippen LogP contribution >= 0.6 is 34.5 Å². The SMILES string of the molecule is Fc1ccc(Oc2nc(Cl)nc3sccc23)c(Cl)c1. The smallest absolute Gasteiger partial charge is 0.232 e. The van der Waals surface area contributed by atoms with Crippen LogP contribution in [0.4, 0.5) is 4.39 Å². The van der Waals surface area contributed by atoms with Crippen molar-refractivity contribution >= 4 is 44.8 Å². The summed E-state index contributed by atoms with van der Waals surface area (Å²) in [6.07, 6.45) is 0. The molecule has 0 bridgehead atoms. The Morgan fingerprint density at radius 1 is 1.16 bits per heavy atom. The van der Waals surface area contributed by atoms with Gasteiger partial charge in [0.15, 0.2) is 0 Å². The highest BCUT2D eigenvalue weighted by atomic mass is 35.5. The molecule has 0 aliphatic heterocycles. The normalized spacial score (nSPS) is 10.9. The summed E-state index contributed by atoms with van der Waals surface area (Å²) in [5.41, 5.74) is 0. The van der Waals surface area contributed by atoms with Crippen LogP contribution in [0.2, 0.25) is 10.3 Å². The van der Waals surface area contributed by atoms with E-state index in [0.717, 1.165) is 5.39 Å². The van der Waals surface area contributed by atoms with Gasteiger partial charge in [-0.1, -0.05) is 11.6 Å². The van der Waals surface area contributed by atoms with Gasteiger partial charge in [-0.3, -0.25) is 0 Å². The number of hydrogen-bond donors (Lipinski definition) is 0. The van der Waals surface area contributed by atoms with Gasteiger partial charge in [-0.05, 0) is 41.2 Å². The van der Waals surface area contributed by atoms with E-state index in [1.54, 1.807) is 0 Å². The summed E-state index contributed by atoms with van der Waals surface area (Å²) in [4.78, 5) is 8.81. The van der Waals surface area contributed by atoms with Gasteiger partial charge in [-0.2, -0.15) is 4.98 Å². The van der Waals surface area contributed by atoms with Gasteiger partial charge >= 0.3 is 0 Å². The molecule has 0 radical (unpaired) electrons. The van der Waals surface area contributed by atoms with E-state index in [9.17, 15) is 4.39 Å². The fourth-order valence-electron chi connectivity index (χ4n) is 1.54. The van der Waals surface area contributed by atoms with Gasteiger partial charge in [-0.15, -0.1) is 11.3 Å². The number of benzene rings is 1. The topological polar surface area (TPSA) is 35.0 Å². The van der Waals surface area contributed by atoms with Gasteiger partial charge in [-0.25, -0.2) is 9.37 Å². The second kappa shape index (κ2) is 4.92. The van der Waals surface area contributed by atoms with Gasteiger partial charge < -0.3 is 4.74 Å². The molecule has 0 saturated carbocycles. The highest BCUT2D eigenvalue weighted by molar-refractivity contribution is 7.16. The fraction of sp³-hybridized carbons (Fsp3) is 0. The number of fused-ring (bicyclic) bond motifs is 1. The van der Waals surface area contributed by atoms with Crippen LogP contribution in [0.1, 0.15) is 0 Å². The van der Waals surface area contributed by atoms with Crippen molar-refractivity contribution in [3.63, 3.8) is 0 Å². The van der Waals surface area contributed by atoms with Crippen LogP contribution in [0.3, 0.4) is 0 Å². The third kappa shape index (κ3) is 2.49. The molecule has 0 fully saturated rings. The number of nitrogens with zero attached hydrogens (tertiary/aromatic N) is 2. The maximum absolute atomic E-state index is 13.0. The second-order valence-corrected chi connectivity index (χ2v) is 5.25. The zero-order chi connectivity index (χ0) is 13.4. The summed E-state index contributed by atoms with van der Waals surface area (Å²) >= 11 is 13.2. The molecule has 0 aliphatic carbocycles. The number of thiophene rings is 1. The lowest BCUT2D eigenvalue weighted by Gasteiger charge is -2.07. The van der Waals surface area contributed by atoms with E-state index in [0.29, 0.717) is 16.5 Å². The van der Waals surface area contributed by atoms with E-state index in [4.69, 9.17) is 27.9 Å². The molecule has 0 unspecified atom stereocenters. The first-order valence-corrected chi connectivity index (χ1v) is 6.81. The molecule has 0 saturated heterocycles. The van der Waals surface area contributed by atoms with Crippen LogP contribution in [-0.2, 0) is 0 Å². The van der Waals surface area contributed by atoms with Crippen molar-refractivity contribution in [3.8, 4) is 11.6 Å². The molecule has 19 heavy (non-hydrogen) atoms. The predicted molar refractivity (Wildman–Crippen MR) is 73.9 cm³/mol. The maximum Gasteiger partial charge on any atom is 0.232 e. The van der Waals surface area contributed by atoms with Crippen LogP contribution in [0.15, 0.2) is 29.6 Å². The van der Waals surface area contributed by atoms with Gasteiger partial charge in [0.05, 0.1) is 10.4 Å². The van der Waals surface area contributed by atoms with Gasteiger partial charge in [0.25, 0.3) is 0 Å². The monoisotopic (exact) mass is 314 g/mol. The number of rotatable bonds is 2. The molecule has 3 aromatic rings. The highest BCUT2D eigenvalue weighted by Crippen LogP contribution is 2.34. The Bertz CT molecular complexity index is 763. The van der Waals surface area contributed by atoms with E-state index in [1.807, 2.05) is 11.4 Å². The van der Waals surface area contributed by atoms with Crippen molar-refractivity contribution in [2.75, 3.05) is 0 Å². The van der Waals surface area contributed by atoms with Crippen LogP contribution in [0, 0.1) is 5.82 Å². The molecule has 0 spiro atoms. The van der Waals surface area contributed by atoms with Gasteiger partial charge in [0.2, 0.25) is 11.2 Å². The van der Waals surface area contributed by atoms with E-state index in [1.165, 1.54) is 29.5 Å². The van der Waals surface area contributed by atoms with Crippen LogP contribution in [0.5, 0.6) is 11.6 Å². The Hall–Kier alpha value is -1.43. The van der Waals surface area contributed by atoms with Crippen molar-refractivity contribution in [2.24, 2.45) is 0 Å².